The Morgan fingerprint density at radius 3 is 2.58 bits per heavy atom. The van der Waals surface area contributed by atoms with Crippen LogP contribution in [0, 0.1) is 0 Å². The molecule has 0 fully saturated rings. The van der Waals surface area contributed by atoms with Gasteiger partial charge in [-0.1, -0.05) is 34.8 Å². The number of rotatable bonds is 0. The maximum absolute atomic E-state index is 5.94. The smallest absolute Gasteiger partial charge is 0.0786 e. The Morgan fingerprint density at radius 2 is 1.83 bits per heavy atom. The lowest BCUT2D eigenvalue weighted by molar-refractivity contribution is 1.48. The Bertz CT molecular complexity index is 433. The Hall–Kier alpha value is -0.370. The molecule has 1 aromatic heterocycles. The number of fused-ring (bicyclic) bond motifs is 1. The molecule has 0 saturated heterocycles. The van der Waals surface area contributed by atoms with Gasteiger partial charge in [0.25, 0.3) is 0 Å². The van der Waals surface area contributed by atoms with Crippen LogP contribution in [-0.4, -0.2) is 4.98 Å². The summed E-state index contributed by atoms with van der Waals surface area (Å²) in [5.41, 5.74) is 0.898. The van der Waals surface area contributed by atoms with E-state index < -0.39 is 0 Å². The Morgan fingerprint density at radius 1 is 1.08 bits per heavy atom. The van der Waals surface area contributed by atoms with Crippen molar-refractivity contribution in [1.29, 1.82) is 0 Å². The largest absolute Gasteiger partial charge is 0.361 e. The quantitative estimate of drug-likeness (QED) is 0.643. The van der Waals surface area contributed by atoms with E-state index in [2.05, 4.69) is 4.98 Å². The molecule has 4 heteroatoms. The van der Waals surface area contributed by atoms with E-state index in [9.17, 15) is 0 Å². The second kappa shape index (κ2) is 2.84. The molecule has 0 bridgehead atoms. The minimum atomic E-state index is 0.408. The van der Waals surface area contributed by atoms with Gasteiger partial charge in [-0.05, 0) is 12.1 Å². The lowest BCUT2D eigenvalue weighted by atomic mass is 10.2. The Labute approximate surface area is 84.2 Å². The van der Waals surface area contributed by atoms with Crippen LogP contribution < -0.4 is 0 Å². The first-order chi connectivity index (χ1) is 5.70. The fourth-order valence-corrected chi connectivity index (χ4v) is 1.78. The van der Waals surface area contributed by atoms with Crippen LogP contribution >= 0.6 is 34.8 Å². The van der Waals surface area contributed by atoms with Crippen molar-refractivity contribution in [1.82, 2.24) is 4.98 Å². The molecule has 1 heterocycles. The summed E-state index contributed by atoms with van der Waals surface area (Å²) in [6, 6.07) is 3.62. The van der Waals surface area contributed by atoms with Gasteiger partial charge in [-0.3, -0.25) is 0 Å². The summed E-state index contributed by atoms with van der Waals surface area (Å²) < 4.78 is 0. The molecule has 12 heavy (non-hydrogen) atoms. The monoisotopic (exact) mass is 219 g/mol. The van der Waals surface area contributed by atoms with Crippen LogP contribution in [0.5, 0.6) is 0 Å². The van der Waals surface area contributed by atoms with Crippen LogP contribution in [0.2, 0.25) is 15.1 Å². The van der Waals surface area contributed by atoms with Gasteiger partial charge in [-0.2, -0.15) is 0 Å². The summed E-state index contributed by atoms with van der Waals surface area (Å²) in [6.07, 6.45) is 1.79. The summed E-state index contributed by atoms with van der Waals surface area (Å²) >= 11 is 17.6. The van der Waals surface area contributed by atoms with Crippen molar-refractivity contribution < 1.29 is 0 Å². The number of halogens is 3. The van der Waals surface area contributed by atoms with Gasteiger partial charge in [0.05, 0.1) is 15.1 Å². The second-order valence-corrected chi connectivity index (χ2v) is 3.59. The van der Waals surface area contributed by atoms with E-state index in [4.69, 9.17) is 34.8 Å². The van der Waals surface area contributed by atoms with Crippen LogP contribution in [0.3, 0.4) is 0 Å². The topological polar surface area (TPSA) is 15.8 Å². The molecule has 0 atom stereocenters. The molecule has 0 amide bonds. The molecule has 1 nitrogen and oxygen atoms in total. The third-order valence-corrected chi connectivity index (χ3v) is 2.97. The van der Waals surface area contributed by atoms with E-state index in [1.165, 1.54) is 0 Å². The van der Waals surface area contributed by atoms with E-state index in [1.54, 1.807) is 12.3 Å². The van der Waals surface area contributed by atoms with Gasteiger partial charge in [0.1, 0.15) is 0 Å². The van der Waals surface area contributed by atoms with E-state index in [1.807, 2.05) is 6.07 Å². The summed E-state index contributed by atoms with van der Waals surface area (Å²) in [7, 11) is 0. The van der Waals surface area contributed by atoms with Gasteiger partial charge < -0.3 is 4.98 Å². The predicted molar refractivity (Wildman–Crippen MR) is 53.3 cm³/mol. The summed E-state index contributed by atoms with van der Waals surface area (Å²) in [5, 5.41) is 2.27. The highest BCUT2D eigenvalue weighted by atomic mass is 35.5. The first-order valence-electron chi connectivity index (χ1n) is 3.30. The zero-order valence-electron chi connectivity index (χ0n) is 5.87. The first-order valence-corrected chi connectivity index (χ1v) is 4.44. The third-order valence-electron chi connectivity index (χ3n) is 1.69. The van der Waals surface area contributed by atoms with Crippen molar-refractivity contribution in [2.24, 2.45) is 0 Å². The number of H-pyrrole nitrogens is 1. The average Bonchev–Trinajstić information content (AvgIpc) is 2.48. The number of aromatic nitrogens is 1. The molecule has 0 spiro atoms. The minimum Gasteiger partial charge on any atom is -0.361 e. The molecule has 2 aromatic rings. The highest BCUT2D eigenvalue weighted by Gasteiger charge is 2.08. The molecular weight excluding hydrogens is 216 g/mol. The molecule has 0 aliphatic carbocycles. The molecule has 2 rings (SSSR count). The average molecular weight is 220 g/mol. The number of benzene rings is 1. The van der Waals surface area contributed by atoms with Gasteiger partial charge in [0.2, 0.25) is 0 Å². The second-order valence-electron chi connectivity index (χ2n) is 2.43. The van der Waals surface area contributed by atoms with Crippen molar-refractivity contribution in [2.45, 2.75) is 0 Å². The van der Waals surface area contributed by atoms with Crippen molar-refractivity contribution in [3.8, 4) is 0 Å². The molecule has 0 radical (unpaired) electrons. The van der Waals surface area contributed by atoms with Crippen LogP contribution in [0.4, 0.5) is 0 Å². The van der Waals surface area contributed by atoms with E-state index in [0.29, 0.717) is 15.1 Å². The number of hydrogen-bond acceptors (Lipinski definition) is 0. The fourth-order valence-electron chi connectivity index (χ4n) is 1.11. The van der Waals surface area contributed by atoms with Gasteiger partial charge in [-0.15, -0.1) is 0 Å². The zero-order valence-corrected chi connectivity index (χ0v) is 8.13. The lowest BCUT2D eigenvalue weighted by Gasteiger charge is -1.99. The summed E-state index contributed by atoms with van der Waals surface area (Å²) in [6.45, 7) is 0. The molecule has 0 saturated carbocycles. The molecule has 0 aliphatic heterocycles. The van der Waals surface area contributed by atoms with Crippen LogP contribution in [0.25, 0.3) is 10.9 Å². The summed E-state index contributed by atoms with van der Waals surface area (Å²) in [4.78, 5) is 3.00. The predicted octanol–water partition coefficient (Wildman–Crippen LogP) is 4.13. The maximum Gasteiger partial charge on any atom is 0.0786 e. The Balaban J connectivity index is 2.94. The molecule has 1 N–H and O–H groups in total. The van der Waals surface area contributed by atoms with E-state index in [-0.39, 0.29) is 0 Å². The minimum absolute atomic E-state index is 0.408. The van der Waals surface area contributed by atoms with Crippen LogP contribution in [-0.2, 0) is 0 Å². The molecule has 62 valence electrons. The standard InChI is InChI=1S/C8H4Cl3N/c9-5-3-6-4(1-2-12-6)7(10)8(5)11/h1-3,12H. The van der Waals surface area contributed by atoms with Crippen LogP contribution in [0.1, 0.15) is 0 Å². The van der Waals surface area contributed by atoms with Gasteiger partial charge in [0, 0.05) is 17.1 Å². The number of hydrogen-bond donors (Lipinski definition) is 1. The van der Waals surface area contributed by atoms with E-state index >= 15 is 0 Å². The van der Waals surface area contributed by atoms with Crippen molar-refractivity contribution in [3.63, 3.8) is 0 Å². The summed E-state index contributed by atoms with van der Waals surface area (Å²) in [5.74, 6) is 0. The molecule has 0 aliphatic rings. The van der Waals surface area contributed by atoms with Crippen molar-refractivity contribution in [2.75, 3.05) is 0 Å². The highest BCUT2D eigenvalue weighted by Crippen LogP contribution is 2.35. The van der Waals surface area contributed by atoms with E-state index in [0.717, 1.165) is 10.9 Å². The van der Waals surface area contributed by atoms with Gasteiger partial charge in [0.15, 0.2) is 0 Å². The Kier molecular flexibility index (Phi) is 1.95. The number of aromatic amines is 1. The van der Waals surface area contributed by atoms with Crippen molar-refractivity contribution in [3.05, 3.63) is 33.4 Å². The van der Waals surface area contributed by atoms with Crippen LogP contribution in [0.15, 0.2) is 18.3 Å². The fraction of sp³-hybridized carbons (Fsp3) is 0. The molecule has 1 aromatic carbocycles. The van der Waals surface area contributed by atoms with Gasteiger partial charge in [-0.25, -0.2) is 0 Å². The van der Waals surface area contributed by atoms with Crippen molar-refractivity contribution >= 4 is 45.7 Å². The molecular formula is C8H4Cl3N. The molecule has 0 unspecified atom stereocenters. The highest BCUT2D eigenvalue weighted by molar-refractivity contribution is 6.50. The SMILES string of the molecule is Clc1cc2[nH]ccc2c(Cl)c1Cl. The zero-order chi connectivity index (χ0) is 8.72. The van der Waals surface area contributed by atoms with Gasteiger partial charge >= 0.3 is 0 Å². The number of nitrogens with one attached hydrogen (secondary N) is 1. The third kappa shape index (κ3) is 1.09. The maximum atomic E-state index is 5.94. The first kappa shape index (κ1) is 8.24. The normalized spacial score (nSPS) is 10.9. The lowest BCUT2D eigenvalue weighted by Crippen LogP contribution is -1.74.